The molecular weight excluding hydrogens is 1170 g/mol. The zero-order chi connectivity index (χ0) is 66.1. The number of allylic oxidation sites excluding steroid dienone is 17. The molecule has 3 rings (SSSR count). The Morgan fingerprint density at radius 3 is 1.23 bits per heavy atom. The Morgan fingerprint density at radius 2 is 0.769 bits per heavy atom. The van der Waals surface area contributed by atoms with Gasteiger partial charge in [0.1, 0.15) is 73.2 Å². The maximum Gasteiger partial charge on any atom is 0.220 e. The molecule has 3 aliphatic rings. The predicted octanol–water partition coefficient (Wildman–Crippen LogP) is 9.05. The van der Waals surface area contributed by atoms with Crippen molar-refractivity contribution in [2.75, 3.05) is 26.4 Å². The van der Waals surface area contributed by atoms with Crippen LogP contribution < -0.4 is 5.32 Å². The molecule has 3 aliphatic heterocycles. The van der Waals surface area contributed by atoms with Crippen molar-refractivity contribution in [3.05, 3.63) is 109 Å². The molecule has 3 saturated heterocycles. The Kier molecular flexibility index (Phi) is 47.3. The maximum atomic E-state index is 13.4. The zero-order valence-corrected chi connectivity index (χ0v) is 55.0. The molecule has 1 amide bonds. The summed E-state index contributed by atoms with van der Waals surface area (Å²) in [5.74, 6) is -0.321. The Labute approximate surface area is 545 Å². The molecule has 0 aliphatic carbocycles. The summed E-state index contributed by atoms with van der Waals surface area (Å²) in [7, 11) is 0. The largest absolute Gasteiger partial charge is 0.394 e. The summed E-state index contributed by atoms with van der Waals surface area (Å²) < 4.78 is 34.3. The van der Waals surface area contributed by atoms with Gasteiger partial charge in [0.05, 0.1) is 38.6 Å². The third kappa shape index (κ3) is 34.6. The van der Waals surface area contributed by atoms with Crippen molar-refractivity contribution in [2.45, 2.75) is 311 Å². The summed E-state index contributed by atoms with van der Waals surface area (Å²) in [6, 6.07) is -1.02. The average molecular weight is 1290 g/mol. The maximum absolute atomic E-state index is 13.4. The molecule has 17 unspecified atom stereocenters. The quantitative estimate of drug-likeness (QED) is 0.0200. The number of ether oxygens (including phenoxy) is 6. The molecule has 3 heterocycles. The zero-order valence-electron chi connectivity index (χ0n) is 55.0. The topological polar surface area (TPSA) is 307 Å². The molecule has 0 aromatic carbocycles. The molecule has 0 bridgehead atoms. The second-order valence-corrected chi connectivity index (χ2v) is 24.2. The molecule has 91 heavy (non-hydrogen) atoms. The SMILES string of the molecule is CC/C=C\C/C=C\C/C=C\C/C=C\C/C=C\C/C=C\C/C=C\CCCCCC(=O)NC(COC1OC(CO)C(OC2OC(CO)C(OC3OC(CO)C(O)C(O)C3O)C(O)C2O)C(O)C1O)C(O)/C=C/CC/C=C/CCCCCCCCCCCCCCCCC. The van der Waals surface area contributed by atoms with Gasteiger partial charge in [0.25, 0.3) is 0 Å². The van der Waals surface area contributed by atoms with E-state index in [1.807, 2.05) is 6.08 Å². The lowest BCUT2D eigenvalue weighted by atomic mass is 9.96. The van der Waals surface area contributed by atoms with Crippen LogP contribution in [0, 0.1) is 0 Å². The number of aliphatic hydroxyl groups is 11. The van der Waals surface area contributed by atoms with Crippen molar-refractivity contribution in [3.8, 4) is 0 Å². The molecule has 3 fully saturated rings. The minimum Gasteiger partial charge on any atom is -0.394 e. The van der Waals surface area contributed by atoms with Gasteiger partial charge in [-0.05, 0) is 89.9 Å². The van der Waals surface area contributed by atoms with Gasteiger partial charge in [-0.2, -0.15) is 0 Å². The number of nitrogens with one attached hydrogen (secondary N) is 1. The van der Waals surface area contributed by atoms with E-state index in [-0.39, 0.29) is 18.9 Å². The fourth-order valence-electron chi connectivity index (χ4n) is 11.0. The fraction of sp³-hybridized carbons (Fsp3) is 0.736. The van der Waals surface area contributed by atoms with Crippen LogP contribution in [0.25, 0.3) is 0 Å². The van der Waals surface area contributed by atoms with Gasteiger partial charge in [0.15, 0.2) is 18.9 Å². The highest BCUT2D eigenvalue weighted by Gasteiger charge is 2.53. The van der Waals surface area contributed by atoms with E-state index >= 15 is 0 Å². The van der Waals surface area contributed by atoms with Gasteiger partial charge in [0, 0.05) is 6.42 Å². The molecule has 0 spiro atoms. The van der Waals surface area contributed by atoms with Crippen molar-refractivity contribution < 1.29 is 89.4 Å². The van der Waals surface area contributed by atoms with Gasteiger partial charge in [-0.3, -0.25) is 4.79 Å². The molecule has 12 N–H and O–H groups in total. The summed E-state index contributed by atoms with van der Waals surface area (Å²) in [5, 5.41) is 120. The second-order valence-electron chi connectivity index (χ2n) is 24.2. The lowest BCUT2D eigenvalue weighted by Gasteiger charge is -2.48. The first-order valence-electron chi connectivity index (χ1n) is 34.6. The molecule has 0 saturated carbocycles. The highest BCUT2D eigenvalue weighted by molar-refractivity contribution is 5.76. The number of carbonyl (C=O) groups excluding carboxylic acids is 1. The summed E-state index contributed by atoms with van der Waals surface area (Å²) in [4.78, 5) is 13.4. The molecule has 522 valence electrons. The Morgan fingerprint density at radius 1 is 0.407 bits per heavy atom. The van der Waals surface area contributed by atoms with Crippen LogP contribution in [0.15, 0.2) is 109 Å². The molecule has 0 aromatic heterocycles. The molecular formula is C72H121NO18. The number of unbranched alkanes of at least 4 members (excludes halogenated alkanes) is 19. The fourth-order valence-corrected chi connectivity index (χ4v) is 11.0. The first kappa shape index (κ1) is 81.7. The molecule has 19 nitrogen and oxygen atoms in total. The van der Waals surface area contributed by atoms with Gasteiger partial charge in [-0.25, -0.2) is 0 Å². The van der Waals surface area contributed by atoms with Crippen molar-refractivity contribution in [3.63, 3.8) is 0 Å². The van der Waals surface area contributed by atoms with E-state index in [4.69, 9.17) is 28.4 Å². The summed E-state index contributed by atoms with van der Waals surface area (Å²) in [6.45, 7) is 1.56. The van der Waals surface area contributed by atoms with Gasteiger partial charge < -0.3 is 89.9 Å². The Balaban J connectivity index is 1.48. The minimum atomic E-state index is -1.99. The van der Waals surface area contributed by atoms with Crippen molar-refractivity contribution >= 4 is 5.91 Å². The van der Waals surface area contributed by atoms with Crippen LogP contribution in [0.1, 0.15) is 206 Å². The van der Waals surface area contributed by atoms with Crippen LogP contribution in [-0.4, -0.2) is 193 Å². The average Bonchev–Trinajstić information content (AvgIpc) is 0.883. The Bertz CT molecular complexity index is 2070. The van der Waals surface area contributed by atoms with E-state index in [9.17, 15) is 61.0 Å². The highest BCUT2D eigenvalue weighted by atomic mass is 16.8. The van der Waals surface area contributed by atoms with Crippen LogP contribution in [0.3, 0.4) is 0 Å². The summed E-state index contributed by atoms with van der Waals surface area (Å²) >= 11 is 0. The van der Waals surface area contributed by atoms with Crippen molar-refractivity contribution in [2.24, 2.45) is 0 Å². The lowest BCUT2D eigenvalue weighted by molar-refractivity contribution is -0.379. The number of hydrogen-bond donors (Lipinski definition) is 12. The number of carbonyl (C=O) groups is 1. The van der Waals surface area contributed by atoms with E-state index in [1.54, 1.807) is 6.08 Å². The van der Waals surface area contributed by atoms with Crippen LogP contribution in [0.5, 0.6) is 0 Å². The first-order valence-corrected chi connectivity index (χ1v) is 34.6. The third-order valence-corrected chi connectivity index (χ3v) is 16.6. The molecule has 0 aromatic rings. The van der Waals surface area contributed by atoms with Crippen LogP contribution >= 0.6 is 0 Å². The molecule has 0 radical (unpaired) electrons. The van der Waals surface area contributed by atoms with Crippen molar-refractivity contribution in [1.29, 1.82) is 0 Å². The van der Waals surface area contributed by atoms with E-state index in [2.05, 4.69) is 116 Å². The van der Waals surface area contributed by atoms with Crippen LogP contribution in [-0.2, 0) is 33.2 Å². The van der Waals surface area contributed by atoms with Gasteiger partial charge in [0.2, 0.25) is 5.91 Å². The van der Waals surface area contributed by atoms with Gasteiger partial charge in [-0.1, -0.05) is 220 Å². The van der Waals surface area contributed by atoms with E-state index in [0.29, 0.717) is 12.8 Å². The normalized spacial score (nSPS) is 28.6. The van der Waals surface area contributed by atoms with E-state index in [1.165, 1.54) is 89.9 Å². The standard InChI is InChI=1S/C72H121NO18/c1-3-5-7-9-11-13-15-17-19-21-23-25-26-27-28-30-32-34-36-38-40-42-44-46-48-50-60(78)73-55(56(77)49-47-45-43-41-39-37-35-33-31-29-24-22-20-18-16-14-12-10-8-6-4-2)54-86-70-66(84)63(81)68(58(52-75)88-70)91-72-67(85)64(82)69(59(53-76)89-72)90-71-65(83)62(80)61(79)57(51-74)87-71/h5,7,11,13,17,19,23,25,27-28,32,34,38-41,47,49,55-59,61-72,74-77,79-85H,3-4,6,8-10,12,14-16,18,20-22,24,26,29-31,33,35-37,42-46,48,50-54H2,1-2H3,(H,73,78)/b7-5-,13-11-,19-17-,25-23-,28-27-,34-32-,40-38-,41-39+,49-47+. The molecule has 19 heteroatoms. The highest BCUT2D eigenvalue weighted by Crippen LogP contribution is 2.33. The summed E-state index contributed by atoms with van der Waals surface area (Å²) in [6.07, 6.45) is 43.4. The van der Waals surface area contributed by atoms with Gasteiger partial charge in [-0.15, -0.1) is 0 Å². The first-order chi connectivity index (χ1) is 44.3. The number of aliphatic hydroxyl groups excluding tert-OH is 11. The lowest BCUT2D eigenvalue weighted by Crippen LogP contribution is -2.66. The van der Waals surface area contributed by atoms with Crippen LogP contribution in [0.4, 0.5) is 0 Å². The smallest absolute Gasteiger partial charge is 0.220 e. The van der Waals surface area contributed by atoms with Crippen LogP contribution in [0.2, 0.25) is 0 Å². The number of hydrogen-bond acceptors (Lipinski definition) is 18. The number of rotatable bonds is 51. The minimum absolute atomic E-state index is 0.188. The molecule has 17 atom stereocenters. The third-order valence-electron chi connectivity index (χ3n) is 16.6. The van der Waals surface area contributed by atoms with Gasteiger partial charge >= 0.3 is 0 Å². The van der Waals surface area contributed by atoms with E-state index < -0.39 is 124 Å². The second kappa shape index (κ2) is 52.7. The summed E-state index contributed by atoms with van der Waals surface area (Å²) in [5.41, 5.74) is 0. The number of amides is 1. The van der Waals surface area contributed by atoms with Crippen molar-refractivity contribution in [1.82, 2.24) is 5.32 Å². The predicted molar refractivity (Wildman–Crippen MR) is 355 cm³/mol. The Hall–Kier alpha value is -3.55. The van der Waals surface area contributed by atoms with E-state index in [0.717, 1.165) is 83.5 Å². The monoisotopic (exact) mass is 1290 g/mol.